The van der Waals surface area contributed by atoms with Crippen molar-refractivity contribution in [1.29, 1.82) is 0 Å². The van der Waals surface area contributed by atoms with Gasteiger partial charge in [0.15, 0.2) is 0 Å². The van der Waals surface area contributed by atoms with Gasteiger partial charge in [-0.1, -0.05) is 13.8 Å². The van der Waals surface area contributed by atoms with Crippen LogP contribution in [0.3, 0.4) is 0 Å². The Bertz CT molecular complexity index is 250. The first-order valence-electron chi connectivity index (χ1n) is 4.95. The summed E-state index contributed by atoms with van der Waals surface area (Å²) in [6.45, 7) is 6.27. The van der Waals surface area contributed by atoms with E-state index >= 15 is 0 Å². The molecule has 1 heterocycles. The standard InChI is InChI=1S/C10H17NO3/c1-6(2)8-4-9(12)11(5-8)7(3)10(13)14/h6-8H,4-5H2,1-3H3,(H,13,14). The predicted molar refractivity (Wildman–Crippen MR) is 51.8 cm³/mol. The molecule has 0 aromatic heterocycles. The van der Waals surface area contributed by atoms with Crippen LogP contribution in [-0.4, -0.2) is 34.5 Å². The molecular formula is C10H17NO3. The molecule has 0 bridgehead atoms. The third kappa shape index (κ3) is 2.05. The molecule has 2 unspecified atom stereocenters. The maximum Gasteiger partial charge on any atom is 0.326 e. The Morgan fingerprint density at radius 1 is 1.50 bits per heavy atom. The summed E-state index contributed by atoms with van der Waals surface area (Å²) in [5, 5.41) is 8.79. The van der Waals surface area contributed by atoms with Crippen LogP contribution in [0.2, 0.25) is 0 Å². The smallest absolute Gasteiger partial charge is 0.326 e. The molecule has 1 aliphatic rings. The van der Waals surface area contributed by atoms with Crippen LogP contribution >= 0.6 is 0 Å². The van der Waals surface area contributed by atoms with Crippen LogP contribution in [0.5, 0.6) is 0 Å². The van der Waals surface area contributed by atoms with Gasteiger partial charge in [-0.15, -0.1) is 0 Å². The molecule has 1 N–H and O–H groups in total. The van der Waals surface area contributed by atoms with E-state index in [1.807, 2.05) is 0 Å². The first kappa shape index (κ1) is 11.0. The fourth-order valence-corrected chi connectivity index (χ4v) is 1.71. The third-order valence-corrected chi connectivity index (χ3v) is 2.96. The zero-order chi connectivity index (χ0) is 10.9. The van der Waals surface area contributed by atoms with Crippen LogP contribution in [0.15, 0.2) is 0 Å². The highest BCUT2D eigenvalue weighted by molar-refractivity contribution is 5.85. The van der Waals surface area contributed by atoms with Crippen molar-refractivity contribution in [2.75, 3.05) is 6.54 Å². The maximum absolute atomic E-state index is 11.5. The molecule has 0 aromatic rings. The molecular weight excluding hydrogens is 182 g/mol. The van der Waals surface area contributed by atoms with Crippen molar-refractivity contribution in [2.45, 2.75) is 33.2 Å². The van der Waals surface area contributed by atoms with E-state index in [0.29, 0.717) is 24.8 Å². The fraction of sp³-hybridized carbons (Fsp3) is 0.800. The lowest BCUT2D eigenvalue weighted by Crippen LogP contribution is -2.40. The van der Waals surface area contributed by atoms with Crippen LogP contribution in [0, 0.1) is 11.8 Å². The average Bonchev–Trinajstić information content (AvgIpc) is 2.46. The Kier molecular flexibility index (Phi) is 3.13. The van der Waals surface area contributed by atoms with E-state index in [1.54, 1.807) is 6.92 Å². The summed E-state index contributed by atoms with van der Waals surface area (Å²) in [6, 6.07) is -0.689. The van der Waals surface area contributed by atoms with Crippen LogP contribution in [0.1, 0.15) is 27.2 Å². The number of hydrogen-bond acceptors (Lipinski definition) is 2. The number of nitrogens with zero attached hydrogens (tertiary/aromatic N) is 1. The number of aliphatic carboxylic acids is 1. The molecule has 1 saturated heterocycles. The Hall–Kier alpha value is -1.06. The van der Waals surface area contributed by atoms with Gasteiger partial charge in [0.05, 0.1) is 0 Å². The van der Waals surface area contributed by atoms with Gasteiger partial charge >= 0.3 is 5.97 Å². The molecule has 0 spiro atoms. The number of likely N-dealkylation sites (tertiary alicyclic amines) is 1. The number of rotatable bonds is 3. The topological polar surface area (TPSA) is 57.6 Å². The van der Waals surface area contributed by atoms with E-state index in [2.05, 4.69) is 13.8 Å². The zero-order valence-electron chi connectivity index (χ0n) is 8.86. The SMILES string of the molecule is CC(C)C1CC(=O)N(C(C)C(=O)O)C1. The van der Waals surface area contributed by atoms with E-state index in [0.717, 1.165) is 0 Å². The molecule has 1 amide bonds. The van der Waals surface area contributed by atoms with E-state index < -0.39 is 12.0 Å². The second-order valence-electron chi connectivity index (χ2n) is 4.27. The molecule has 1 aliphatic heterocycles. The van der Waals surface area contributed by atoms with Gasteiger partial charge in [-0.05, 0) is 18.8 Å². The summed E-state index contributed by atoms with van der Waals surface area (Å²) in [6.07, 6.45) is 0.495. The quantitative estimate of drug-likeness (QED) is 0.736. The number of carbonyl (C=O) groups is 2. The van der Waals surface area contributed by atoms with Crippen molar-refractivity contribution < 1.29 is 14.7 Å². The summed E-state index contributed by atoms with van der Waals surface area (Å²) < 4.78 is 0. The average molecular weight is 199 g/mol. The van der Waals surface area contributed by atoms with Gasteiger partial charge in [0.1, 0.15) is 6.04 Å². The molecule has 14 heavy (non-hydrogen) atoms. The highest BCUT2D eigenvalue weighted by Crippen LogP contribution is 2.26. The maximum atomic E-state index is 11.5. The molecule has 0 aliphatic carbocycles. The molecule has 0 aromatic carbocycles. The number of amides is 1. The van der Waals surface area contributed by atoms with E-state index in [9.17, 15) is 9.59 Å². The summed E-state index contributed by atoms with van der Waals surface area (Å²) in [5.41, 5.74) is 0. The highest BCUT2D eigenvalue weighted by Gasteiger charge is 2.36. The number of hydrogen-bond donors (Lipinski definition) is 1. The summed E-state index contributed by atoms with van der Waals surface area (Å²) in [5.74, 6) is -0.212. The Morgan fingerprint density at radius 3 is 2.43 bits per heavy atom. The van der Waals surface area contributed by atoms with Crippen molar-refractivity contribution in [3.05, 3.63) is 0 Å². The van der Waals surface area contributed by atoms with Gasteiger partial charge in [0, 0.05) is 13.0 Å². The van der Waals surface area contributed by atoms with Gasteiger partial charge < -0.3 is 10.0 Å². The van der Waals surface area contributed by atoms with Crippen LogP contribution < -0.4 is 0 Å². The van der Waals surface area contributed by atoms with Gasteiger partial charge in [0.25, 0.3) is 0 Å². The van der Waals surface area contributed by atoms with Gasteiger partial charge in [-0.3, -0.25) is 4.79 Å². The van der Waals surface area contributed by atoms with Crippen molar-refractivity contribution in [1.82, 2.24) is 4.90 Å². The fourth-order valence-electron chi connectivity index (χ4n) is 1.71. The molecule has 1 rings (SSSR count). The van der Waals surface area contributed by atoms with Gasteiger partial charge in [0.2, 0.25) is 5.91 Å². The summed E-state index contributed by atoms with van der Waals surface area (Å²) >= 11 is 0. The second-order valence-corrected chi connectivity index (χ2v) is 4.27. The lowest BCUT2D eigenvalue weighted by Gasteiger charge is -2.21. The van der Waals surface area contributed by atoms with E-state index in [-0.39, 0.29) is 5.91 Å². The Morgan fingerprint density at radius 2 is 2.07 bits per heavy atom. The minimum absolute atomic E-state index is 0.0291. The van der Waals surface area contributed by atoms with Crippen molar-refractivity contribution >= 4 is 11.9 Å². The molecule has 4 nitrogen and oxygen atoms in total. The van der Waals surface area contributed by atoms with Crippen molar-refractivity contribution in [2.24, 2.45) is 11.8 Å². The molecule has 0 saturated carbocycles. The normalized spacial score (nSPS) is 24.4. The number of carboxylic acid groups (broad SMARTS) is 1. The molecule has 80 valence electrons. The van der Waals surface area contributed by atoms with Crippen molar-refractivity contribution in [3.63, 3.8) is 0 Å². The highest BCUT2D eigenvalue weighted by atomic mass is 16.4. The minimum Gasteiger partial charge on any atom is -0.480 e. The largest absolute Gasteiger partial charge is 0.480 e. The first-order valence-corrected chi connectivity index (χ1v) is 4.95. The monoisotopic (exact) mass is 199 g/mol. The van der Waals surface area contributed by atoms with Crippen LogP contribution in [0.4, 0.5) is 0 Å². The zero-order valence-corrected chi connectivity index (χ0v) is 8.86. The molecule has 0 radical (unpaired) electrons. The lowest BCUT2D eigenvalue weighted by atomic mass is 9.95. The Balaban J connectivity index is 2.65. The predicted octanol–water partition coefficient (Wildman–Crippen LogP) is 0.964. The molecule has 2 atom stereocenters. The lowest BCUT2D eigenvalue weighted by molar-refractivity contribution is -0.147. The first-order chi connectivity index (χ1) is 6.43. The second kappa shape index (κ2) is 3.98. The summed E-state index contributed by atoms with van der Waals surface area (Å²) in [7, 11) is 0. The third-order valence-electron chi connectivity index (χ3n) is 2.96. The van der Waals surface area contributed by atoms with Gasteiger partial charge in [-0.25, -0.2) is 4.79 Å². The molecule has 1 fully saturated rings. The summed E-state index contributed by atoms with van der Waals surface area (Å²) in [4.78, 5) is 23.7. The van der Waals surface area contributed by atoms with E-state index in [4.69, 9.17) is 5.11 Å². The van der Waals surface area contributed by atoms with Crippen molar-refractivity contribution in [3.8, 4) is 0 Å². The molecule has 4 heteroatoms. The number of carboxylic acids is 1. The van der Waals surface area contributed by atoms with Crippen LogP contribution in [0.25, 0.3) is 0 Å². The Labute approximate surface area is 83.9 Å². The number of carbonyl (C=O) groups excluding carboxylic acids is 1. The minimum atomic E-state index is -0.928. The van der Waals surface area contributed by atoms with Crippen LogP contribution in [-0.2, 0) is 9.59 Å². The van der Waals surface area contributed by atoms with Gasteiger partial charge in [-0.2, -0.15) is 0 Å². The van der Waals surface area contributed by atoms with E-state index in [1.165, 1.54) is 4.90 Å².